The summed E-state index contributed by atoms with van der Waals surface area (Å²) in [4.78, 5) is 17.2. The Morgan fingerprint density at radius 3 is 2.50 bits per heavy atom. The first-order valence-electron chi connectivity index (χ1n) is 7.73. The Hall–Kier alpha value is -1.65. The number of benzene rings is 1. The highest BCUT2D eigenvalue weighted by Crippen LogP contribution is 2.20. The van der Waals surface area contributed by atoms with Crippen LogP contribution in [0.2, 0.25) is 0 Å². The molecule has 1 aromatic heterocycles. The van der Waals surface area contributed by atoms with Crippen LogP contribution in [0.4, 0.5) is 5.69 Å². The lowest BCUT2D eigenvalue weighted by Crippen LogP contribution is -2.36. The number of Topliss-reactive ketones (excluding diaryl/α,β-unsaturated/α-hetero) is 1. The molecule has 22 heavy (non-hydrogen) atoms. The molecule has 1 aliphatic rings. The van der Waals surface area contributed by atoms with E-state index in [2.05, 4.69) is 24.0 Å². The lowest BCUT2D eigenvalue weighted by Gasteiger charge is -2.28. The molecule has 2 aromatic rings. The van der Waals surface area contributed by atoms with Crippen LogP contribution in [0.5, 0.6) is 0 Å². The number of carbonyl (C=O) groups excluding carboxylic acids is 1. The van der Waals surface area contributed by atoms with Crippen molar-refractivity contribution in [1.29, 1.82) is 0 Å². The smallest absolute Gasteiger partial charge is 0.163 e. The van der Waals surface area contributed by atoms with Crippen molar-refractivity contribution in [2.24, 2.45) is 0 Å². The molecule has 0 N–H and O–H groups in total. The van der Waals surface area contributed by atoms with Gasteiger partial charge in [0.1, 0.15) is 0 Å². The van der Waals surface area contributed by atoms with E-state index in [1.807, 2.05) is 24.3 Å². The maximum absolute atomic E-state index is 12.3. The first kappa shape index (κ1) is 15.3. The Morgan fingerprint density at radius 1 is 1.14 bits per heavy atom. The summed E-state index contributed by atoms with van der Waals surface area (Å²) in [6.07, 6.45) is 1.42. The van der Waals surface area contributed by atoms with Crippen LogP contribution in [0.15, 0.2) is 36.4 Å². The molecule has 1 saturated heterocycles. The average molecular weight is 315 g/mol. The number of aryl methyl sites for hydroxylation is 2. The molecular formula is C18H21NO2S. The summed E-state index contributed by atoms with van der Waals surface area (Å²) in [6.45, 7) is 5.50. The van der Waals surface area contributed by atoms with Gasteiger partial charge in [-0.05, 0) is 49.7 Å². The second-order valence-corrected chi connectivity index (χ2v) is 6.95. The van der Waals surface area contributed by atoms with E-state index >= 15 is 0 Å². The Kier molecular flexibility index (Phi) is 4.90. The van der Waals surface area contributed by atoms with Crippen molar-refractivity contribution in [2.75, 3.05) is 31.2 Å². The number of thiophene rings is 1. The van der Waals surface area contributed by atoms with Gasteiger partial charge in [-0.1, -0.05) is 0 Å². The zero-order chi connectivity index (χ0) is 15.4. The molecule has 2 heterocycles. The second kappa shape index (κ2) is 7.07. The molecular weight excluding hydrogens is 294 g/mol. The molecule has 0 aliphatic carbocycles. The number of carbonyl (C=O) groups is 1. The summed E-state index contributed by atoms with van der Waals surface area (Å²) >= 11 is 1.78. The fourth-order valence-electron chi connectivity index (χ4n) is 2.68. The highest BCUT2D eigenvalue weighted by molar-refractivity contribution is 7.11. The average Bonchev–Trinajstić information content (AvgIpc) is 2.99. The summed E-state index contributed by atoms with van der Waals surface area (Å²) in [7, 11) is 0. The fraction of sp³-hybridized carbons (Fsp3) is 0.389. The standard InChI is InChI=1S/C18H21NO2S/c1-14-2-7-17(22-14)8-9-18(20)15-3-5-16(6-4-15)19-10-12-21-13-11-19/h2-7H,8-13H2,1H3. The molecule has 3 nitrogen and oxygen atoms in total. The van der Waals surface area contributed by atoms with Crippen LogP contribution in [-0.4, -0.2) is 32.1 Å². The Bertz CT molecular complexity index is 627. The molecule has 116 valence electrons. The van der Waals surface area contributed by atoms with Crippen molar-refractivity contribution in [3.63, 3.8) is 0 Å². The number of anilines is 1. The predicted octanol–water partition coefficient (Wildman–Crippen LogP) is 3.71. The van der Waals surface area contributed by atoms with Gasteiger partial charge < -0.3 is 9.64 Å². The van der Waals surface area contributed by atoms with E-state index in [9.17, 15) is 4.79 Å². The summed E-state index contributed by atoms with van der Waals surface area (Å²) in [6, 6.07) is 12.2. The van der Waals surface area contributed by atoms with Gasteiger partial charge in [0.25, 0.3) is 0 Å². The molecule has 0 amide bonds. The van der Waals surface area contributed by atoms with Crippen LogP contribution >= 0.6 is 11.3 Å². The van der Waals surface area contributed by atoms with E-state index < -0.39 is 0 Å². The maximum Gasteiger partial charge on any atom is 0.163 e. The van der Waals surface area contributed by atoms with Gasteiger partial charge in [-0.25, -0.2) is 0 Å². The summed E-state index contributed by atoms with van der Waals surface area (Å²) in [5.41, 5.74) is 1.99. The predicted molar refractivity (Wildman–Crippen MR) is 91.2 cm³/mol. The largest absolute Gasteiger partial charge is 0.378 e. The second-order valence-electron chi connectivity index (χ2n) is 5.58. The van der Waals surface area contributed by atoms with Crippen LogP contribution in [0.25, 0.3) is 0 Å². The van der Waals surface area contributed by atoms with Gasteiger partial charge in [-0.3, -0.25) is 4.79 Å². The molecule has 0 saturated carbocycles. The topological polar surface area (TPSA) is 29.5 Å². The van der Waals surface area contributed by atoms with Crippen molar-refractivity contribution in [3.05, 3.63) is 51.7 Å². The van der Waals surface area contributed by atoms with Crippen molar-refractivity contribution >= 4 is 22.8 Å². The van der Waals surface area contributed by atoms with Gasteiger partial charge in [-0.2, -0.15) is 0 Å². The highest BCUT2D eigenvalue weighted by Gasteiger charge is 2.12. The first-order chi connectivity index (χ1) is 10.7. The molecule has 1 aromatic carbocycles. The maximum atomic E-state index is 12.3. The van der Waals surface area contributed by atoms with Crippen LogP contribution in [0, 0.1) is 6.92 Å². The number of nitrogens with zero attached hydrogens (tertiary/aromatic N) is 1. The van der Waals surface area contributed by atoms with E-state index in [0.717, 1.165) is 38.3 Å². The zero-order valence-electron chi connectivity index (χ0n) is 12.9. The van der Waals surface area contributed by atoms with Gasteiger partial charge in [0.05, 0.1) is 13.2 Å². The first-order valence-corrected chi connectivity index (χ1v) is 8.55. The van der Waals surface area contributed by atoms with E-state index in [-0.39, 0.29) is 5.78 Å². The normalized spacial score (nSPS) is 15.0. The minimum absolute atomic E-state index is 0.222. The molecule has 4 heteroatoms. The molecule has 1 fully saturated rings. The van der Waals surface area contributed by atoms with Crippen LogP contribution in [-0.2, 0) is 11.2 Å². The van der Waals surface area contributed by atoms with Gasteiger partial charge in [0.2, 0.25) is 0 Å². The van der Waals surface area contributed by atoms with Gasteiger partial charge in [-0.15, -0.1) is 11.3 Å². The molecule has 3 rings (SSSR count). The lowest BCUT2D eigenvalue weighted by molar-refractivity contribution is 0.0983. The number of hydrogen-bond donors (Lipinski definition) is 0. The molecule has 0 bridgehead atoms. The van der Waals surface area contributed by atoms with Crippen molar-refractivity contribution in [3.8, 4) is 0 Å². The van der Waals surface area contributed by atoms with Gasteiger partial charge in [0, 0.05) is 40.5 Å². The van der Waals surface area contributed by atoms with Crippen molar-refractivity contribution in [1.82, 2.24) is 0 Å². The number of hydrogen-bond acceptors (Lipinski definition) is 4. The van der Waals surface area contributed by atoms with Crippen LogP contribution < -0.4 is 4.90 Å². The monoisotopic (exact) mass is 315 g/mol. The van der Waals surface area contributed by atoms with E-state index in [1.54, 1.807) is 11.3 Å². The number of morpholine rings is 1. The Balaban J connectivity index is 1.58. The SMILES string of the molecule is Cc1ccc(CCC(=O)c2ccc(N3CCOCC3)cc2)s1. The minimum atomic E-state index is 0.222. The molecule has 0 unspecified atom stereocenters. The van der Waals surface area contributed by atoms with Gasteiger partial charge in [0.15, 0.2) is 5.78 Å². The minimum Gasteiger partial charge on any atom is -0.378 e. The molecule has 1 aliphatic heterocycles. The summed E-state index contributed by atoms with van der Waals surface area (Å²) in [5.74, 6) is 0.222. The molecule has 0 spiro atoms. The van der Waals surface area contributed by atoms with Crippen LogP contribution in [0.3, 0.4) is 0 Å². The third kappa shape index (κ3) is 3.76. The van der Waals surface area contributed by atoms with Crippen molar-refractivity contribution in [2.45, 2.75) is 19.8 Å². The third-order valence-corrected chi connectivity index (χ3v) is 5.02. The quantitative estimate of drug-likeness (QED) is 0.788. The third-order valence-electron chi connectivity index (χ3n) is 3.96. The zero-order valence-corrected chi connectivity index (χ0v) is 13.7. The molecule has 0 radical (unpaired) electrons. The van der Waals surface area contributed by atoms with E-state index in [0.29, 0.717) is 6.42 Å². The summed E-state index contributed by atoms with van der Waals surface area (Å²) in [5, 5.41) is 0. The molecule has 0 atom stereocenters. The van der Waals surface area contributed by atoms with E-state index in [1.165, 1.54) is 15.4 Å². The van der Waals surface area contributed by atoms with Crippen LogP contribution in [0.1, 0.15) is 26.5 Å². The summed E-state index contributed by atoms with van der Waals surface area (Å²) < 4.78 is 5.36. The number of ketones is 1. The Morgan fingerprint density at radius 2 is 1.86 bits per heavy atom. The number of ether oxygens (including phenoxy) is 1. The fourth-order valence-corrected chi connectivity index (χ4v) is 3.57. The van der Waals surface area contributed by atoms with E-state index in [4.69, 9.17) is 4.74 Å². The van der Waals surface area contributed by atoms with Crippen molar-refractivity contribution < 1.29 is 9.53 Å². The lowest BCUT2D eigenvalue weighted by atomic mass is 10.1. The van der Waals surface area contributed by atoms with Gasteiger partial charge >= 0.3 is 0 Å². The Labute approximate surface area is 135 Å². The number of rotatable bonds is 5. The highest BCUT2D eigenvalue weighted by atomic mass is 32.1.